The molecular formula is C15H26N2O. The highest BCUT2D eigenvalue weighted by atomic mass is 16.3. The topological polar surface area (TPSA) is 28.4 Å². The Labute approximate surface area is 111 Å². The van der Waals surface area contributed by atoms with E-state index in [1.807, 2.05) is 6.07 Å². The van der Waals surface area contributed by atoms with E-state index in [9.17, 15) is 0 Å². The Hall–Kier alpha value is -0.800. The van der Waals surface area contributed by atoms with Crippen molar-refractivity contribution in [2.75, 3.05) is 27.2 Å². The number of nitrogens with zero attached hydrogens (tertiary/aromatic N) is 1. The van der Waals surface area contributed by atoms with E-state index in [0.29, 0.717) is 5.41 Å². The highest BCUT2D eigenvalue weighted by Gasteiger charge is 2.32. The first-order valence-corrected chi connectivity index (χ1v) is 7.10. The van der Waals surface area contributed by atoms with Crippen LogP contribution in [0.1, 0.15) is 37.9 Å². The van der Waals surface area contributed by atoms with E-state index < -0.39 is 0 Å². The van der Waals surface area contributed by atoms with Gasteiger partial charge < -0.3 is 9.73 Å². The minimum absolute atomic E-state index is 0.467. The molecule has 0 unspecified atom stereocenters. The maximum atomic E-state index is 5.43. The third-order valence-corrected chi connectivity index (χ3v) is 4.08. The molecule has 1 aliphatic rings. The van der Waals surface area contributed by atoms with Crippen molar-refractivity contribution in [2.24, 2.45) is 5.41 Å². The Balaban J connectivity index is 1.91. The van der Waals surface area contributed by atoms with Crippen LogP contribution >= 0.6 is 0 Å². The summed E-state index contributed by atoms with van der Waals surface area (Å²) in [6.45, 7) is 3.21. The smallest absolute Gasteiger partial charge is 0.117 e. The lowest BCUT2D eigenvalue weighted by Crippen LogP contribution is -2.43. The van der Waals surface area contributed by atoms with Gasteiger partial charge in [-0.15, -0.1) is 0 Å². The van der Waals surface area contributed by atoms with Crippen LogP contribution in [0.4, 0.5) is 0 Å². The van der Waals surface area contributed by atoms with E-state index in [2.05, 4.69) is 30.4 Å². The molecule has 102 valence electrons. The fourth-order valence-corrected chi connectivity index (χ4v) is 3.36. The summed E-state index contributed by atoms with van der Waals surface area (Å²) in [5.41, 5.74) is 0.467. The molecule has 0 amide bonds. The Bertz CT molecular complexity index is 323. The van der Waals surface area contributed by atoms with Crippen molar-refractivity contribution in [3.05, 3.63) is 24.2 Å². The zero-order valence-electron chi connectivity index (χ0n) is 11.7. The fraction of sp³-hybridized carbons (Fsp3) is 0.733. The van der Waals surface area contributed by atoms with E-state index in [0.717, 1.165) is 25.4 Å². The van der Waals surface area contributed by atoms with Crippen LogP contribution in [0.3, 0.4) is 0 Å². The van der Waals surface area contributed by atoms with Crippen molar-refractivity contribution in [2.45, 2.75) is 38.6 Å². The van der Waals surface area contributed by atoms with E-state index >= 15 is 0 Å². The number of hydrogen-bond acceptors (Lipinski definition) is 3. The molecule has 1 saturated carbocycles. The van der Waals surface area contributed by atoms with Gasteiger partial charge in [0.25, 0.3) is 0 Å². The van der Waals surface area contributed by atoms with E-state index in [1.54, 1.807) is 6.26 Å². The van der Waals surface area contributed by atoms with Crippen LogP contribution in [0.15, 0.2) is 22.8 Å². The molecule has 1 aliphatic carbocycles. The molecule has 1 N–H and O–H groups in total. The van der Waals surface area contributed by atoms with Crippen molar-refractivity contribution in [3.8, 4) is 0 Å². The molecule has 0 aliphatic heterocycles. The summed E-state index contributed by atoms with van der Waals surface area (Å²) < 4.78 is 5.43. The first kappa shape index (κ1) is 13.6. The highest BCUT2D eigenvalue weighted by molar-refractivity contribution is 4.98. The Kier molecular flexibility index (Phi) is 4.84. The summed E-state index contributed by atoms with van der Waals surface area (Å²) in [5.74, 6) is 1.06. The van der Waals surface area contributed by atoms with Crippen LogP contribution in [0.25, 0.3) is 0 Å². The van der Waals surface area contributed by atoms with Crippen LogP contribution in [0.5, 0.6) is 0 Å². The number of nitrogens with one attached hydrogen (secondary N) is 1. The molecule has 2 rings (SSSR count). The standard InChI is InChI=1S/C15H26N2O/c1-16-12-15(8-4-3-5-9-15)13-17(2)11-14-7-6-10-18-14/h6-7,10,16H,3-5,8-9,11-13H2,1-2H3. The van der Waals surface area contributed by atoms with Gasteiger partial charge in [0.1, 0.15) is 5.76 Å². The van der Waals surface area contributed by atoms with Crippen LogP contribution in [-0.2, 0) is 6.54 Å². The molecule has 0 spiro atoms. The molecule has 0 bridgehead atoms. The quantitative estimate of drug-likeness (QED) is 0.841. The Morgan fingerprint density at radius 3 is 2.72 bits per heavy atom. The summed E-state index contributed by atoms with van der Waals surface area (Å²) in [6, 6.07) is 4.02. The van der Waals surface area contributed by atoms with Gasteiger partial charge in [-0.05, 0) is 44.5 Å². The summed E-state index contributed by atoms with van der Waals surface area (Å²) in [7, 11) is 4.28. The minimum Gasteiger partial charge on any atom is -0.468 e. The van der Waals surface area contributed by atoms with Gasteiger partial charge in [0.2, 0.25) is 0 Å². The first-order valence-electron chi connectivity index (χ1n) is 7.10. The van der Waals surface area contributed by atoms with Crippen LogP contribution in [0.2, 0.25) is 0 Å². The van der Waals surface area contributed by atoms with Crippen LogP contribution in [0, 0.1) is 5.41 Å². The molecule has 1 fully saturated rings. The van der Waals surface area contributed by atoms with E-state index in [1.165, 1.54) is 32.1 Å². The van der Waals surface area contributed by atoms with E-state index in [4.69, 9.17) is 4.42 Å². The van der Waals surface area contributed by atoms with E-state index in [-0.39, 0.29) is 0 Å². The second kappa shape index (κ2) is 6.39. The maximum Gasteiger partial charge on any atom is 0.117 e. The molecule has 3 nitrogen and oxygen atoms in total. The van der Waals surface area contributed by atoms with Crippen LogP contribution in [-0.4, -0.2) is 32.1 Å². The lowest BCUT2D eigenvalue weighted by molar-refractivity contribution is 0.112. The molecule has 0 saturated heterocycles. The van der Waals surface area contributed by atoms with Crippen LogP contribution < -0.4 is 5.32 Å². The monoisotopic (exact) mass is 250 g/mol. The third kappa shape index (κ3) is 3.59. The zero-order chi connectivity index (χ0) is 12.8. The lowest BCUT2D eigenvalue weighted by Gasteiger charge is -2.40. The molecule has 1 aromatic heterocycles. The van der Waals surface area contributed by atoms with Crippen molar-refractivity contribution in [1.29, 1.82) is 0 Å². The van der Waals surface area contributed by atoms with Crippen molar-refractivity contribution in [1.82, 2.24) is 10.2 Å². The van der Waals surface area contributed by atoms with Crippen molar-refractivity contribution < 1.29 is 4.42 Å². The van der Waals surface area contributed by atoms with Gasteiger partial charge >= 0.3 is 0 Å². The Morgan fingerprint density at radius 2 is 2.11 bits per heavy atom. The molecule has 0 atom stereocenters. The second-order valence-electron chi connectivity index (χ2n) is 5.84. The van der Waals surface area contributed by atoms with Crippen molar-refractivity contribution in [3.63, 3.8) is 0 Å². The minimum atomic E-state index is 0.467. The van der Waals surface area contributed by atoms with Gasteiger partial charge in [-0.3, -0.25) is 4.90 Å². The largest absolute Gasteiger partial charge is 0.468 e. The molecule has 0 aromatic carbocycles. The number of rotatable bonds is 6. The predicted octanol–water partition coefficient (Wildman–Crippen LogP) is 2.88. The van der Waals surface area contributed by atoms with Gasteiger partial charge in [0.15, 0.2) is 0 Å². The van der Waals surface area contributed by atoms with Gasteiger partial charge in [0.05, 0.1) is 12.8 Å². The summed E-state index contributed by atoms with van der Waals surface area (Å²) in [4.78, 5) is 2.40. The average Bonchev–Trinajstić information content (AvgIpc) is 2.83. The predicted molar refractivity (Wildman–Crippen MR) is 74.5 cm³/mol. The number of furan rings is 1. The molecule has 3 heteroatoms. The zero-order valence-corrected chi connectivity index (χ0v) is 11.7. The summed E-state index contributed by atoms with van der Waals surface area (Å²) >= 11 is 0. The van der Waals surface area contributed by atoms with Gasteiger partial charge in [-0.1, -0.05) is 19.3 Å². The van der Waals surface area contributed by atoms with Crippen molar-refractivity contribution >= 4 is 0 Å². The molecule has 0 radical (unpaired) electrons. The summed E-state index contributed by atoms with van der Waals surface area (Å²) in [5, 5.41) is 3.39. The summed E-state index contributed by atoms with van der Waals surface area (Å²) in [6.07, 6.45) is 8.65. The average molecular weight is 250 g/mol. The molecule has 18 heavy (non-hydrogen) atoms. The SMILES string of the molecule is CNCC1(CN(C)Cc2ccco2)CCCCC1. The first-order chi connectivity index (χ1) is 8.74. The lowest BCUT2D eigenvalue weighted by atomic mass is 9.73. The Morgan fingerprint density at radius 1 is 1.33 bits per heavy atom. The normalized spacial score (nSPS) is 19.3. The molecular weight excluding hydrogens is 224 g/mol. The maximum absolute atomic E-state index is 5.43. The second-order valence-corrected chi connectivity index (χ2v) is 5.84. The van der Waals surface area contributed by atoms with Gasteiger partial charge in [-0.25, -0.2) is 0 Å². The molecule has 1 heterocycles. The third-order valence-electron chi connectivity index (χ3n) is 4.08. The fourth-order valence-electron chi connectivity index (χ4n) is 3.36. The number of hydrogen-bond donors (Lipinski definition) is 1. The molecule has 1 aromatic rings. The van der Waals surface area contributed by atoms with Gasteiger partial charge in [0, 0.05) is 13.1 Å². The highest BCUT2D eigenvalue weighted by Crippen LogP contribution is 2.36. The van der Waals surface area contributed by atoms with Gasteiger partial charge in [-0.2, -0.15) is 0 Å².